The SMILES string of the molecule is CC(C)CC(CN)C(=O)OC1CCCCCC1. The molecule has 0 aromatic heterocycles. The summed E-state index contributed by atoms with van der Waals surface area (Å²) in [4.78, 5) is 12.0. The first-order valence-electron chi connectivity index (χ1n) is 7.04. The molecule has 0 saturated heterocycles. The average Bonchev–Trinajstić information content (AvgIpc) is 2.54. The van der Waals surface area contributed by atoms with Gasteiger partial charge in [-0.15, -0.1) is 0 Å². The van der Waals surface area contributed by atoms with Crippen molar-refractivity contribution in [1.29, 1.82) is 0 Å². The predicted octanol–water partition coefficient (Wildman–Crippen LogP) is 2.87. The molecule has 1 rings (SSSR count). The molecular weight excluding hydrogens is 214 g/mol. The van der Waals surface area contributed by atoms with Crippen molar-refractivity contribution in [2.24, 2.45) is 17.6 Å². The van der Waals surface area contributed by atoms with Crippen LogP contribution in [0.5, 0.6) is 0 Å². The Balaban J connectivity index is 2.39. The van der Waals surface area contributed by atoms with Crippen LogP contribution in [0.4, 0.5) is 0 Å². The van der Waals surface area contributed by atoms with Gasteiger partial charge in [-0.3, -0.25) is 4.79 Å². The molecule has 0 radical (unpaired) electrons. The fourth-order valence-corrected chi connectivity index (χ4v) is 2.48. The van der Waals surface area contributed by atoms with E-state index in [-0.39, 0.29) is 18.0 Å². The number of ether oxygens (including phenoxy) is 1. The monoisotopic (exact) mass is 241 g/mol. The van der Waals surface area contributed by atoms with Gasteiger partial charge < -0.3 is 10.5 Å². The Kier molecular flexibility index (Phi) is 6.56. The lowest BCUT2D eigenvalue weighted by Gasteiger charge is -2.21. The lowest BCUT2D eigenvalue weighted by molar-refractivity contribution is -0.154. The van der Waals surface area contributed by atoms with Gasteiger partial charge in [-0.2, -0.15) is 0 Å². The van der Waals surface area contributed by atoms with Crippen LogP contribution in [0.1, 0.15) is 58.8 Å². The number of carbonyl (C=O) groups excluding carboxylic acids is 1. The van der Waals surface area contributed by atoms with E-state index in [1.54, 1.807) is 0 Å². The maximum absolute atomic E-state index is 12.0. The first-order chi connectivity index (χ1) is 8.13. The van der Waals surface area contributed by atoms with E-state index in [4.69, 9.17) is 10.5 Å². The normalized spacial score (nSPS) is 20.0. The van der Waals surface area contributed by atoms with Crippen molar-refractivity contribution < 1.29 is 9.53 Å². The Morgan fingerprint density at radius 2 is 1.82 bits per heavy atom. The maximum Gasteiger partial charge on any atom is 0.310 e. The highest BCUT2D eigenvalue weighted by atomic mass is 16.5. The second-order valence-corrected chi connectivity index (χ2v) is 5.61. The van der Waals surface area contributed by atoms with E-state index >= 15 is 0 Å². The average molecular weight is 241 g/mol. The quantitative estimate of drug-likeness (QED) is 0.595. The van der Waals surface area contributed by atoms with E-state index in [1.807, 2.05) is 0 Å². The number of hydrogen-bond acceptors (Lipinski definition) is 3. The molecule has 0 aromatic carbocycles. The predicted molar refractivity (Wildman–Crippen MR) is 69.6 cm³/mol. The third kappa shape index (κ3) is 5.53. The summed E-state index contributed by atoms with van der Waals surface area (Å²) in [6.07, 6.45) is 7.98. The summed E-state index contributed by atoms with van der Waals surface area (Å²) in [5, 5.41) is 0. The highest BCUT2D eigenvalue weighted by Crippen LogP contribution is 2.22. The van der Waals surface area contributed by atoms with E-state index in [9.17, 15) is 4.79 Å². The van der Waals surface area contributed by atoms with Gasteiger partial charge in [0.05, 0.1) is 5.92 Å². The molecule has 0 heterocycles. The Morgan fingerprint density at radius 1 is 1.24 bits per heavy atom. The molecule has 3 nitrogen and oxygen atoms in total. The summed E-state index contributed by atoms with van der Waals surface area (Å²) in [6, 6.07) is 0. The lowest BCUT2D eigenvalue weighted by atomic mass is 9.97. The molecule has 1 fully saturated rings. The van der Waals surface area contributed by atoms with Crippen LogP contribution < -0.4 is 5.73 Å². The summed E-state index contributed by atoms with van der Waals surface area (Å²) < 4.78 is 5.61. The van der Waals surface area contributed by atoms with Crippen LogP contribution in [0.25, 0.3) is 0 Å². The topological polar surface area (TPSA) is 52.3 Å². The number of carbonyl (C=O) groups is 1. The largest absolute Gasteiger partial charge is 0.462 e. The van der Waals surface area contributed by atoms with E-state index in [0.717, 1.165) is 19.3 Å². The van der Waals surface area contributed by atoms with Crippen LogP contribution in [-0.2, 0) is 9.53 Å². The van der Waals surface area contributed by atoms with Gasteiger partial charge in [0.2, 0.25) is 0 Å². The number of nitrogens with two attached hydrogens (primary N) is 1. The number of esters is 1. The molecule has 0 aromatic rings. The Hall–Kier alpha value is -0.570. The van der Waals surface area contributed by atoms with Crippen molar-refractivity contribution in [3.05, 3.63) is 0 Å². The molecule has 0 bridgehead atoms. The lowest BCUT2D eigenvalue weighted by Crippen LogP contribution is -2.30. The summed E-state index contributed by atoms with van der Waals surface area (Å²) in [5.74, 6) is 0.302. The van der Waals surface area contributed by atoms with E-state index in [2.05, 4.69) is 13.8 Å². The first kappa shape index (κ1) is 14.5. The van der Waals surface area contributed by atoms with Crippen molar-refractivity contribution in [3.63, 3.8) is 0 Å². The summed E-state index contributed by atoms with van der Waals surface area (Å²) >= 11 is 0. The molecule has 1 saturated carbocycles. The first-order valence-corrected chi connectivity index (χ1v) is 7.04. The highest BCUT2D eigenvalue weighted by molar-refractivity contribution is 5.72. The molecule has 17 heavy (non-hydrogen) atoms. The standard InChI is InChI=1S/C14H27NO2/c1-11(2)9-12(10-15)14(16)17-13-7-5-3-4-6-8-13/h11-13H,3-10,15H2,1-2H3. The molecule has 0 amide bonds. The van der Waals surface area contributed by atoms with Gasteiger partial charge >= 0.3 is 5.97 Å². The van der Waals surface area contributed by atoms with Crippen molar-refractivity contribution in [2.75, 3.05) is 6.54 Å². The Bertz CT molecular complexity index is 220. The Morgan fingerprint density at radius 3 is 2.29 bits per heavy atom. The van der Waals surface area contributed by atoms with Gasteiger partial charge in [-0.1, -0.05) is 26.7 Å². The van der Waals surface area contributed by atoms with Gasteiger partial charge in [0.1, 0.15) is 6.10 Å². The molecule has 1 aliphatic carbocycles. The molecule has 1 atom stereocenters. The maximum atomic E-state index is 12.0. The fraction of sp³-hybridized carbons (Fsp3) is 0.929. The third-order valence-electron chi connectivity index (χ3n) is 3.46. The number of hydrogen-bond donors (Lipinski definition) is 1. The van der Waals surface area contributed by atoms with Crippen LogP contribution in [0, 0.1) is 11.8 Å². The van der Waals surface area contributed by atoms with Gasteiger partial charge in [0, 0.05) is 6.54 Å². The van der Waals surface area contributed by atoms with Crippen molar-refractivity contribution in [2.45, 2.75) is 64.9 Å². The number of rotatable bonds is 5. The molecule has 3 heteroatoms. The molecular formula is C14H27NO2. The zero-order valence-electron chi connectivity index (χ0n) is 11.3. The van der Waals surface area contributed by atoms with Crippen LogP contribution in [0.2, 0.25) is 0 Å². The molecule has 1 unspecified atom stereocenters. The minimum atomic E-state index is -0.113. The summed E-state index contributed by atoms with van der Waals surface area (Å²) in [7, 11) is 0. The summed E-state index contributed by atoms with van der Waals surface area (Å²) in [5.41, 5.74) is 5.66. The zero-order valence-corrected chi connectivity index (χ0v) is 11.3. The summed E-state index contributed by atoms with van der Waals surface area (Å²) in [6.45, 7) is 4.63. The minimum Gasteiger partial charge on any atom is -0.462 e. The molecule has 0 spiro atoms. The fourth-order valence-electron chi connectivity index (χ4n) is 2.48. The van der Waals surface area contributed by atoms with Gasteiger partial charge in [-0.25, -0.2) is 0 Å². The third-order valence-corrected chi connectivity index (χ3v) is 3.46. The highest BCUT2D eigenvalue weighted by Gasteiger charge is 2.23. The molecule has 0 aliphatic heterocycles. The van der Waals surface area contributed by atoms with Crippen LogP contribution >= 0.6 is 0 Å². The second kappa shape index (κ2) is 7.70. The van der Waals surface area contributed by atoms with Gasteiger partial charge in [0.15, 0.2) is 0 Å². The van der Waals surface area contributed by atoms with Crippen molar-refractivity contribution in [3.8, 4) is 0 Å². The van der Waals surface area contributed by atoms with E-state index in [0.29, 0.717) is 12.5 Å². The van der Waals surface area contributed by atoms with E-state index in [1.165, 1.54) is 25.7 Å². The second-order valence-electron chi connectivity index (χ2n) is 5.61. The van der Waals surface area contributed by atoms with Crippen LogP contribution in [0.15, 0.2) is 0 Å². The molecule has 100 valence electrons. The smallest absolute Gasteiger partial charge is 0.310 e. The molecule has 2 N–H and O–H groups in total. The van der Waals surface area contributed by atoms with Crippen molar-refractivity contribution in [1.82, 2.24) is 0 Å². The zero-order chi connectivity index (χ0) is 12.7. The van der Waals surface area contributed by atoms with Gasteiger partial charge in [-0.05, 0) is 38.0 Å². The van der Waals surface area contributed by atoms with E-state index < -0.39 is 0 Å². The van der Waals surface area contributed by atoms with Crippen molar-refractivity contribution >= 4 is 5.97 Å². The minimum absolute atomic E-state index is 0.0758. The Labute approximate surface area is 105 Å². The van der Waals surface area contributed by atoms with Crippen LogP contribution in [-0.4, -0.2) is 18.6 Å². The molecule has 1 aliphatic rings. The van der Waals surface area contributed by atoms with Crippen LogP contribution in [0.3, 0.4) is 0 Å². The van der Waals surface area contributed by atoms with Gasteiger partial charge in [0.25, 0.3) is 0 Å².